The average molecular weight is 636 g/mol. The van der Waals surface area contributed by atoms with Gasteiger partial charge in [-0.3, -0.25) is 0 Å². The quantitative estimate of drug-likeness (QED) is 0.177. The summed E-state index contributed by atoms with van der Waals surface area (Å²) in [6.45, 7) is 0.0834. The second kappa shape index (κ2) is 9.55. The van der Waals surface area contributed by atoms with E-state index in [2.05, 4.69) is 144 Å². The Morgan fingerprint density at radius 3 is 1.92 bits per heavy atom. The fraction of sp³-hybridized carbons (Fsp3) is 0. The molecule has 3 nitrogen and oxygen atoms in total. The fourth-order valence-electron chi connectivity index (χ4n) is 8.92. The molecule has 8 aromatic carbocycles. The first kappa shape index (κ1) is 26.4. The molecule has 0 amide bonds. The molecule has 4 heterocycles. The summed E-state index contributed by atoms with van der Waals surface area (Å²) >= 11 is 0. The zero-order valence-electron chi connectivity index (χ0n) is 26.9. The minimum absolute atomic E-state index is 0.0834. The van der Waals surface area contributed by atoms with E-state index in [9.17, 15) is 0 Å². The lowest BCUT2D eigenvalue weighted by molar-refractivity contribution is 0.669. The summed E-state index contributed by atoms with van der Waals surface area (Å²) in [4.78, 5) is 2.49. The van der Waals surface area contributed by atoms with Gasteiger partial charge in [0.1, 0.15) is 22.3 Å². The van der Waals surface area contributed by atoms with E-state index in [1.807, 2.05) is 18.2 Å². The van der Waals surface area contributed by atoms with Crippen LogP contribution in [0.3, 0.4) is 0 Å². The summed E-state index contributed by atoms with van der Waals surface area (Å²) < 4.78 is 12.8. The number of nitrogens with zero attached hydrogens (tertiary/aromatic N) is 1. The number of benzene rings is 8. The highest BCUT2D eigenvalue weighted by atomic mass is 16.3. The second-order valence-electron chi connectivity index (χ2n) is 13.6. The molecular formula is C46H26BNO2. The van der Waals surface area contributed by atoms with Gasteiger partial charge in [0.15, 0.2) is 0 Å². The highest BCUT2D eigenvalue weighted by molar-refractivity contribution is 7.01. The van der Waals surface area contributed by atoms with Crippen molar-refractivity contribution in [3.05, 3.63) is 158 Å². The maximum absolute atomic E-state index is 6.53. The van der Waals surface area contributed by atoms with Crippen LogP contribution in [0, 0.1) is 0 Å². The van der Waals surface area contributed by atoms with Crippen LogP contribution in [0.15, 0.2) is 167 Å². The fourth-order valence-corrected chi connectivity index (χ4v) is 8.92. The Morgan fingerprint density at radius 2 is 1.06 bits per heavy atom. The van der Waals surface area contributed by atoms with Crippen molar-refractivity contribution in [1.29, 1.82) is 0 Å². The summed E-state index contributed by atoms with van der Waals surface area (Å²) in [6, 6.07) is 57.2. The third kappa shape index (κ3) is 3.45. The second-order valence-corrected chi connectivity index (χ2v) is 13.6. The van der Waals surface area contributed by atoms with Gasteiger partial charge in [0, 0.05) is 38.6 Å². The van der Waals surface area contributed by atoms with E-state index in [4.69, 9.17) is 8.83 Å². The topological polar surface area (TPSA) is 29.5 Å². The third-order valence-electron chi connectivity index (χ3n) is 11.0. The van der Waals surface area contributed by atoms with Gasteiger partial charge >= 0.3 is 0 Å². The van der Waals surface area contributed by atoms with Gasteiger partial charge in [-0.25, -0.2) is 0 Å². The van der Waals surface area contributed by atoms with Crippen molar-refractivity contribution in [2.45, 2.75) is 0 Å². The number of hydrogen-bond acceptors (Lipinski definition) is 3. The molecular weight excluding hydrogens is 609 g/mol. The smallest absolute Gasteiger partial charge is 0.248 e. The van der Waals surface area contributed by atoms with Gasteiger partial charge in [-0.05, 0) is 98.5 Å². The lowest BCUT2D eigenvalue weighted by Crippen LogP contribution is -2.54. The summed E-state index contributed by atoms with van der Waals surface area (Å²) in [7, 11) is 0. The van der Waals surface area contributed by atoms with E-state index in [0.717, 1.165) is 49.6 Å². The van der Waals surface area contributed by atoms with E-state index >= 15 is 0 Å². The van der Waals surface area contributed by atoms with E-state index < -0.39 is 0 Å². The number of para-hydroxylation sites is 2. The molecule has 2 aromatic heterocycles. The van der Waals surface area contributed by atoms with Crippen molar-refractivity contribution in [3.8, 4) is 22.3 Å². The first-order valence-electron chi connectivity index (χ1n) is 17.2. The lowest BCUT2D eigenvalue weighted by atomic mass is 9.37. The zero-order chi connectivity index (χ0) is 32.5. The molecule has 0 saturated carbocycles. The van der Waals surface area contributed by atoms with Crippen LogP contribution in [-0.2, 0) is 0 Å². The van der Waals surface area contributed by atoms with Crippen LogP contribution in [0.4, 0.5) is 17.1 Å². The van der Waals surface area contributed by atoms with Crippen molar-refractivity contribution in [2.75, 3.05) is 4.90 Å². The van der Waals surface area contributed by atoms with Gasteiger partial charge in [-0.1, -0.05) is 109 Å². The predicted octanol–water partition coefficient (Wildman–Crippen LogP) is 10.6. The molecule has 50 heavy (non-hydrogen) atoms. The third-order valence-corrected chi connectivity index (χ3v) is 11.0. The average Bonchev–Trinajstić information content (AvgIpc) is 3.84. The Kier molecular flexibility index (Phi) is 5.05. The molecule has 12 rings (SSSR count). The molecule has 0 spiro atoms. The Bertz CT molecular complexity index is 3070. The molecule has 0 aliphatic carbocycles. The molecule has 0 bridgehead atoms. The van der Waals surface area contributed by atoms with Crippen LogP contribution in [0.5, 0.6) is 0 Å². The van der Waals surface area contributed by atoms with Crippen molar-refractivity contribution in [2.24, 2.45) is 0 Å². The van der Waals surface area contributed by atoms with Crippen molar-refractivity contribution >= 4 is 94.8 Å². The minimum Gasteiger partial charge on any atom is -0.456 e. The van der Waals surface area contributed by atoms with Crippen LogP contribution < -0.4 is 21.3 Å². The molecule has 0 N–H and O–H groups in total. The van der Waals surface area contributed by atoms with Gasteiger partial charge in [0.25, 0.3) is 0 Å². The molecule has 0 radical (unpaired) electrons. The summed E-state index contributed by atoms with van der Waals surface area (Å²) in [5.41, 5.74) is 16.1. The van der Waals surface area contributed by atoms with Crippen molar-refractivity contribution in [3.63, 3.8) is 0 Å². The maximum Gasteiger partial charge on any atom is 0.248 e. The molecule has 230 valence electrons. The van der Waals surface area contributed by atoms with E-state index in [0.29, 0.717) is 0 Å². The SMILES string of the molecule is c1ccc2c(c1)B1c3cc4oc5ccccc5c4cc3N(c3ccc4oc5ccccc5c4c3)c3cc(-c4cccc5ccccc45)cc-2c31. The van der Waals surface area contributed by atoms with Crippen LogP contribution >= 0.6 is 0 Å². The van der Waals surface area contributed by atoms with E-state index in [1.165, 1.54) is 60.8 Å². The largest absolute Gasteiger partial charge is 0.456 e. The molecule has 2 aliphatic heterocycles. The predicted molar refractivity (Wildman–Crippen MR) is 209 cm³/mol. The van der Waals surface area contributed by atoms with Crippen LogP contribution in [0.1, 0.15) is 0 Å². The van der Waals surface area contributed by atoms with Gasteiger partial charge in [-0.15, -0.1) is 0 Å². The number of hydrogen-bond donors (Lipinski definition) is 0. The summed E-state index contributed by atoms with van der Waals surface area (Å²) in [6.07, 6.45) is 0. The Hall–Kier alpha value is -6.52. The monoisotopic (exact) mass is 635 g/mol. The molecule has 0 unspecified atom stereocenters. The lowest BCUT2D eigenvalue weighted by Gasteiger charge is -2.36. The number of anilines is 3. The van der Waals surface area contributed by atoms with Gasteiger partial charge in [-0.2, -0.15) is 0 Å². The summed E-state index contributed by atoms with van der Waals surface area (Å²) in [5, 5.41) is 6.99. The van der Waals surface area contributed by atoms with E-state index in [1.54, 1.807) is 0 Å². The number of rotatable bonds is 2. The summed E-state index contributed by atoms with van der Waals surface area (Å²) in [5.74, 6) is 0. The van der Waals surface area contributed by atoms with Crippen molar-refractivity contribution < 1.29 is 8.83 Å². The minimum atomic E-state index is 0.0834. The Labute approximate surface area is 287 Å². The van der Waals surface area contributed by atoms with Gasteiger partial charge in [0.05, 0.1) is 0 Å². The number of furan rings is 2. The molecule has 4 heteroatoms. The standard InChI is InChI=1S/C46H26BNO2/c1-2-12-30-27(10-1)11-9-16-31(30)28-22-37-32-13-3-6-17-38(32)47-39-26-45-36(34-15-5-8-19-43(34)50-45)25-40(39)48(41(23-28)46(37)47)29-20-21-44-35(24-29)33-14-4-7-18-42(33)49-44/h1-26H. The zero-order valence-corrected chi connectivity index (χ0v) is 26.9. The van der Waals surface area contributed by atoms with Crippen LogP contribution in [-0.4, -0.2) is 6.71 Å². The van der Waals surface area contributed by atoms with Crippen LogP contribution in [0.25, 0.3) is 76.9 Å². The van der Waals surface area contributed by atoms with Crippen molar-refractivity contribution in [1.82, 2.24) is 0 Å². The van der Waals surface area contributed by atoms with E-state index in [-0.39, 0.29) is 6.71 Å². The first-order chi connectivity index (χ1) is 24.8. The normalized spacial score (nSPS) is 13.1. The highest BCUT2D eigenvalue weighted by Crippen LogP contribution is 2.46. The number of fused-ring (bicyclic) bond motifs is 12. The van der Waals surface area contributed by atoms with Crippen LogP contribution in [0.2, 0.25) is 0 Å². The molecule has 0 fully saturated rings. The van der Waals surface area contributed by atoms with Gasteiger partial charge < -0.3 is 13.7 Å². The molecule has 0 saturated heterocycles. The molecule has 0 atom stereocenters. The first-order valence-corrected chi connectivity index (χ1v) is 17.2. The van der Waals surface area contributed by atoms with Gasteiger partial charge in [0.2, 0.25) is 6.71 Å². The Balaban J connectivity index is 1.22. The molecule has 2 aliphatic rings. The molecule has 10 aromatic rings. The maximum atomic E-state index is 6.53. The Morgan fingerprint density at radius 1 is 0.400 bits per heavy atom. The highest BCUT2D eigenvalue weighted by Gasteiger charge is 2.43.